The minimum Gasteiger partial charge on any atom is -0.329 e. The smallest absolute Gasteiger partial charge is 0.319 e. The van der Waals surface area contributed by atoms with Crippen molar-refractivity contribution in [2.24, 2.45) is 0 Å². The highest BCUT2D eigenvalue weighted by atomic mass is 79.9. The molecule has 0 spiro atoms. The van der Waals surface area contributed by atoms with Crippen LogP contribution in [0.15, 0.2) is 65.4 Å². The first-order valence-electron chi connectivity index (χ1n) is 7.76. The summed E-state index contributed by atoms with van der Waals surface area (Å²) in [7, 11) is 0. The lowest BCUT2D eigenvalue weighted by Gasteiger charge is -2.27. The molecule has 0 atom stereocenters. The van der Waals surface area contributed by atoms with E-state index in [4.69, 9.17) is 0 Å². The number of halogens is 1. The van der Waals surface area contributed by atoms with Gasteiger partial charge in [-0.2, -0.15) is 15.0 Å². The maximum absolute atomic E-state index is 12.3. The molecular weight excluding hydrogens is 382 g/mol. The van der Waals surface area contributed by atoms with E-state index in [0.29, 0.717) is 5.69 Å². The van der Waals surface area contributed by atoms with Crippen LogP contribution in [-0.2, 0) is 5.54 Å². The van der Waals surface area contributed by atoms with Gasteiger partial charge in [-0.15, -0.1) is 0 Å². The Kier molecular flexibility index (Phi) is 4.85. The van der Waals surface area contributed by atoms with Crippen molar-refractivity contribution in [2.45, 2.75) is 19.4 Å². The Morgan fingerprint density at radius 2 is 1.76 bits per heavy atom. The standard InChI is InChI=1S/C18H18BrN5O/c1-18(2,13-4-3-5-14(19)12-13)23-17(25)22-15-6-8-16(9-7-15)24-20-10-11-21-24/h3-12H,1-2H3,(H2,22,23,25). The monoisotopic (exact) mass is 399 g/mol. The fourth-order valence-electron chi connectivity index (χ4n) is 2.42. The molecule has 0 radical (unpaired) electrons. The van der Waals surface area contributed by atoms with Crippen LogP contribution in [0.2, 0.25) is 0 Å². The van der Waals surface area contributed by atoms with E-state index in [9.17, 15) is 4.79 Å². The highest BCUT2D eigenvalue weighted by Gasteiger charge is 2.23. The Hall–Kier alpha value is -2.67. The Morgan fingerprint density at radius 1 is 1.08 bits per heavy atom. The summed E-state index contributed by atoms with van der Waals surface area (Å²) < 4.78 is 0.975. The van der Waals surface area contributed by atoms with Crippen LogP contribution in [0.5, 0.6) is 0 Å². The van der Waals surface area contributed by atoms with Crippen LogP contribution in [0.1, 0.15) is 19.4 Å². The number of urea groups is 1. The molecule has 2 amide bonds. The zero-order valence-corrected chi connectivity index (χ0v) is 15.5. The van der Waals surface area contributed by atoms with Crippen LogP contribution in [0.3, 0.4) is 0 Å². The number of rotatable bonds is 4. The van der Waals surface area contributed by atoms with Crippen molar-refractivity contribution >= 4 is 27.6 Å². The van der Waals surface area contributed by atoms with E-state index >= 15 is 0 Å². The van der Waals surface area contributed by atoms with Crippen LogP contribution in [0.25, 0.3) is 5.69 Å². The molecule has 128 valence electrons. The van der Waals surface area contributed by atoms with Gasteiger partial charge in [0.15, 0.2) is 0 Å². The molecule has 6 nitrogen and oxygen atoms in total. The predicted octanol–water partition coefficient (Wildman–Crippen LogP) is 4.09. The van der Waals surface area contributed by atoms with Gasteiger partial charge in [0.1, 0.15) is 0 Å². The Labute approximate surface area is 154 Å². The molecule has 0 aliphatic carbocycles. The summed E-state index contributed by atoms with van der Waals surface area (Å²) in [6.45, 7) is 3.92. The molecule has 7 heteroatoms. The maximum Gasteiger partial charge on any atom is 0.319 e. The van der Waals surface area contributed by atoms with Crippen molar-refractivity contribution in [2.75, 3.05) is 5.32 Å². The largest absolute Gasteiger partial charge is 0.329 e. The molecule has 0 fully saturated rings. The van der Waals surface area contributed by atoms with Crippen molar-refractivity contribution in [3.05, 3.63) is 71.0 Å². The second-order valence-corrected chi connectivity index (χ2v) is 7.00. The number of nitrogens with zero attached hydrogens (tertiary/aromatic N) is 3. The highest BCUT2D eigenvalue weighted by molar-refractivity contribution is 9.10. The topological polar surface area (TPSA) is 71.8 Å². The van der Waals surface area contributed by atoms with E-state index in [0.717, 1.165) is 15.7 Å². The molecule has 0 bridgehead atoms. The first kappa shape index (κ1) is 17.2. The van der Waals surface area contributed by atoms with E-state index < -0.39 is 5.54 Å². The molecule has 1 heterocycles. The summed E-state index contributed by atoms with van der Waals surface area (Å²) in [4.78, 5) is 13.9. The van der Waals surface area contributed by atoms with Gasteiger partial charge in [0.05, 0.1) is 23.6 Å². The fourth-order valence-corrected chi connectivity index (χ4v) is 2.82. The molecule has 1 aromatic heterocycles. The summed E-state index contributed by atoms with van der Waals surface area (Å²) in [6.07, 6.45) is 3.23. The fraction of sp³-hybridized carbons (Fsp3) is 0.167. The molecule has 2 aromatic carbocycles. The Balaban J connectivity index is 1.66. The molecule has 2 N–H and O–H groups in total. The lowest BCUT2D eigenvalue weighted by molar-refractivity contribution is 0.242. The number of hydrogen-bond acceptors (Lipinski definition) is 3. The molecule has 0 aliphatic rings. The van der Waals surface area contributed by atoms with Gasteiger partial charge in [0.25, 0.3) is 0 Å². The molecule has 0 unspecified atom stereocenters. The van der Waals surface area contributed by atoms with Gasteiger partial charge < -0.3 is 10.6 Å². The third-order valence-corrected chi connectivity index (χ3v) is 4.24. The average Bonchev–Trinajstić information content (AvgIpc) is 3.09. The average molecular weight is 400 g/mol. The third kappa shape index (κ3) is 4.24. The van der Waals surface area contributed by atoms with Crippen molar-refractivity contribution in [3.8, 4) is 5.69 Å². The SMILES string of the molecule is CC(C)(NC(=O)Nc1ccc(-n2nccn2)cc1)c1cccc(Br)c1. The van der Waals surface area contributed by atoms with Gasteiger partial charge in [-0.05, 0) is 55.8 Å². The minimum atomic E-state index is -0.507. The number of aromatic nitrogens is 3. The number of benzene rings is 2. The van der Waals surface area contributed by atoms with Gasteiger partial charge in [-0.1, -0.05) is 28.1 Å². The van der Waals surface area contributed by atoms with Crippen LogP contribution in [-0.4, -0.2) is 21.0 Å². The van der Waals surface area contributed by atoms with E-state index in [1.807, 2.05) is 62.4 Å². The van der Waals surface area contributed by atoms with Gasteiger partial charge in [-0.25, -0.2) is 4.79 Å². The molecule has 3 aromatic rings. The summed E-state index contributed by atoms with van der Waals surface area (Å²) in [5, 5.41) is 14.0. The summed E-state index contributed by atoms with van der Waals surface area (Å²) >= 11 is 3.46. The number of carbonyl (C=O) groups excluding carboxylic acids is 1. The molecule has 0 saturated heterocycles. The van der Waals surface area contributed by atoms with Gasteiger partial charge in [-0.3, -0.25) is 0 Å². The zero-order chi connectivity index (χ0) is 17.9. The number of carbonyl (C=O) groups is 1. The number of amides is 2. The Bertz CT molecular complexity index is 859. The summed E-state index contributed by atoms with van der Waals surface area (Å²) in [6, 6.07) is 14.9. The van der Waals surface area contributed by atoms with E-state index in [-0.39, 0.29) is 6.03 Å². The van der Waals surface area contributed by atoms with Crippen molar-refractivity contribution in [3.63, 3.8) is 0 Å². The third-order valence-electron chi connectivity index (χ3n) is 3.75. The molecule has 0 saturated carbocycles. The first-order chi connectivity index (χ1) is 11.9. The lowest BCUT2D eigenvalue weighted by Crippen LogP contribution is -2.43. The second kappa shape index (κ2) is 7.06. The molecular formula is C18H18BrN5O. The van der Waals surface area contributed by atoms with Crippen LogP contribution >= 0.6 is 15.9 Å². The summed E-state index contributed by atoms with van der Waals surface area (Å²) in [5.41, 5.74) is 2.02. The normalized spacial score (nSPS) is 11.2. The zero-order valence-electron chi connectivity index (χ0n) is 13.9. The predicted molar refractivity (Wildman–Crippen MR) is 101 cm³/mol. The van der Waals surface area contributed by atoms with Crippen LogP contribution in [0.4, 0.5) is 10.5 Å². The molecule has 25 heavy (non-hydrogen) atoms. The maximum atomic E-state index is 12.3. The molecule has 3 rings (SSSR count). The second-order valence-electron chi connectivity index (χ2n) is 6.08. The quantitative estimate of drug-likeness (QED) is 0.693. The van der Waals surface area contributed by atoms with Crippen LogP contribution < -0.4 is 10.6 Å². The van der Waals surface area contributed by atoms with E-state index in [1.54, 1.807) is 12.4 Å². The minimum absolute atomic E-state index is 0.269. The molecule has 0 aliphatic heterocycles. The number of hydrogen-bond donors (Lipinski definition) is 2. The van der Waals surface area contributed by atoms with Gasteiger partial charge in [0.2, 0.25) is 0 Å². The van der Waals surface area contributed by atoms with Crippen molar-refractivity contribution in [1.82, 2.24) is 20.3 Å². The number of anilines is 1. The Morgan fingerprint density at radius 3 is 2.40 bits per heavy atom. The highest BCUT2D eigenvalue weighted by Crippen LogP contribution is 2.23. The van der Waals surface area contributed by atoms with Crippen molar-refractivity contribution < 1.29 is 4.79 Å². The van der Waals surface area contributed by atoms with Gasteiger partial charge in [0, 0.05) is 10.2 Å². The number of nitrogens with one attached hydrogen (secondary N) is 2. The van der Waals surface area contributed by atoms with E-state index in [2.05, 4.69) is 36.8 Å². The van der Waals surface area contributed by atoms with E-state index in [1.165, 1.54) is 4.80 Å². The van der Waals surface area contributed by atoms with Gasteiger partial charge >= 0.3 is 6.03 Å². The summed E-state index contributed by atoms with van der Waals surface area (Å²) in [5.74, 6) is 0. The first-order valence-corrected chi connectivity index (χ1v) is 8.55. The van der Waals surface area contributed by atoms with Crippen molar-refractivity contribution in [1.29, 1.82) is 0 Å². The van der Waals surface area contributed by atoms with Crippen LogP contribution in [0, 0.1) is 0 Å². The lowest BCUT2D eigenvalue weighted by atomic mass is 9.94.